The molecule has 0 spiro atoms. The maximum Gasteiger partial charge on any atom is 0.341 e. The lowest BCUT2D eigenvalue weighted by molar-refractivity contribution is -0.138. The largest absolute Gasteiger partial charge is 0.462 e. The van der Waals surface area contributed by atoms with Gasteiger partial charge in [-0.2, -0.15) is 0 Å². The van der Waals surface area contributed by atoms with Crippen molar-refractivity contribution in [1.82, 2.24) is 0 Å². The molecular weight excluding hydrogens is 310 g/mol. The number of rotatable bonds is 6. The Morgan fingerprint density at radius 2 is 2.13 bits per heavy atom. The molecule has 4 nitrogen and oxygen atoms in total. The van der Waals surface area contributed by atoms with E-state index in [1.165, 1.54) is 17.3 Å². The van der Waals surface area contributed by atoms with Crippen LogP contribution in [0.2, 0.25) is 0 Å². The zero-order valence-electron chi connectivity index (χ0n) is 13.7. The predicted octanol–water partition coefficient (Wildman–Crippen LogP) is 3.78. The molecule has 0 aliphatic carbocycles. The van der Waals surface area contributed by atoms with Crippen molar-refractivity contribution in [2.75, 3.05) is 17.7 Å². The second kappa shape index (κ2) is 8.04. The molecule has 1 aromatic carbocycles. The maximum absolute atomic E-state index is 12.3. The summed E-state index contributed by atoms with van der Waals surface area (Å²) in [7, 11) is 0. The molecule has 23 heavy (non-hydrogen) atoms. The Kier molecular flexibility index (Phi) is 6.08. The highest BCUT2D eigenvalue weighted by Crippen LogP contribution is 2.35. The summed E-state index contributed by atoms with van der Waals surface area (Å²) in [5.74, 6) is 1.86. The molecule has 1 aliphatic heterocycles. The summed E-state index contributed by atoms with van der Waals surface area (Å²) in [4.78, 5) is 23.4. The van der Waals surface area contributed by atoms with Crippen molar-refractivity contribution in [2.24, 2.45) is 0 Å². The molecule has 0 unspecified atom stereocenters. The first-order chi connectivity index (χ1) is 11.1. The lowest BCUT2D eigenvalue weighted by Gasteiger charge is -2.11. The minimum absolute atomic E-state index is 0.319. The van der Waals surface area contributed by atoms with Crippen molar-refractivity contribution < 1.29 is 14.3 Å². The van der Waals surface area contributed by atoms with Gasteiger partial charge in [0.05, 0.1) is 17.2 Å². The first-order valence-corrected chi connectivity index (χ1v) is 8.68. The van der Waals surface area contributed by atoms with E-state index < -0.39 is 5.97 Å². The van der Waals surface area contributed by atoms with Crippen LogP contribution in [0.5, 0.6) is 0 Å². The average molecular weight is 331 g/mol. The van der Waals surface area contributed by atoms with Crippen LogP contribution in [0.15, 0.2) is 34.4 Å². The quantitative estimate of drug-likeness (QED) is 0.488. The van der Waals surface area contributed by atoms with E-state index in [1.54, 1.807) is 0 Å². The molecule has 0 atom stereocenters. The van der Waals surface area contributed by atoms with Crippen LogP contribution in [0, 0.1) is 13.8 Å². The summed E-state index contributed by atoms with van der Waals surface area (Å²) in [6, 6.07) is 6.00. The van der Waals surface area contributed by atoms with Crippen LogP contribution in [-0.2, 0) is 14.3 Å². The van der Waals surface area contributed by atoms with Gasteiger partial charge in [-0.3, -0.25) is 0 Å². The molecule has 5 heteroatoms. The summed E-state index contributed by atoms with van der Waals surface area (Å²) < 4.78 is 5.26. The SMILES string of the molecule is CCCCOC(=O)C1=C(Nc2ccc(C)c(C)c2)SCC1=C=O. The normalized spacial score (nSPS) is 14.0. The highest BCUT2D eigenvalue weighted by Gasteiger charge is 2.29. The van der Waals surface area contributed by atoms with Gasteiger partial charge < -0.3 is 10.1 Å². The smallest absolute Gasteiger partial charge is 0.341 e. The lowest BCUT2D eigenvalue weighted by atomic mass is 10.1. The van der Waals surface area contributed by atoms with Gasteiger partial charge in [0, 0.05) is 11.4 Å². The highest BCUT2D eigenvalue weighted by atomic mass is 32.2. The van der Waals surface area contributed by atoms with Gasteiger partial charge in [-0.05, 0) is 43.5 Å². The molecule has 0 aromatic heterocycles. The highest BCUT2D eigenvalue weighted by molar-refractivity contribution is 8.03. The Hall–Kier alpha value is -1.97. The molecule has 1 heterocycles. The standard InChI is InChI=1S/C18H21NO3S/c1-4-5-8-22-18(21)16-14(10-20)11-23-17(16)19-15-7-6-12(2)13(3)9-15/h6-7,9,19H,4-5,8,11H2,1-3H3. The van der Waals surface area contributed by atoms with E-state index in [9.17, 15) is 9.59 Å². The molecule has 0 saturated heterocycles. The molecular formula is C18H21NO3S. The fourth-order valence-electron chi connectivity index (χ4n) is 2.15. The fraction of sp³-hybridized carbons (Fsp3) is 0.389. The van der Waals surface area contributed by atoms with Gasteiger partial charge in [0.1, 0.15) is 11.5 Å². The summed E-state index contributed by atoms with van der Waals surface area (Å²) in [5, 5.41) is 3.90. The molecule has 0 fully saturated rings. The third-order valence-electron chi connectivity index (χ3n) is 3.71. The molecule has 1 N–H and O–H groups in total. The van der Waals surface area contributed by atoms with Gasteiger partial charge in [0.15, 0.2) is 0 Å². The number of unbranched alkanes of at least 4 members (excludes halogenated alkanes) is 1. The van der Waals surface area contributed by atoms with Crippen molar-refractivity contribution in [2.45, 2.75) is 33.6 Å². The Morgan fingerprint density at radius 1 is 1.35 bits per heavy atom. The number of esters is 1. The molecule has 1 aromatic rings. The van der Waals surface area contributed by atoms with Crippen molar-refractivity contribution in [3.8, 4) is 0 Å². The number of thioether (sulfide) groups is 1. The van der Waals surface area contributed by atoms with E-state index in [4.69, 9.17) is 4.74 Å². The van der Waals surface area contributed by atoms with Crippen LogP contribution in [0.25, 0.3) is 0 Å². The Balaban J connectivity index is 2.24. The van der Waals surface area contributed by atoms with E-state index in [0.29, 0.717) is 28.5 Å². The summed E-state index contributed by atoms with van der Waals surface area (Å²) in [6.07, 6.45) is 1.76. The number of carbonyl (C=O) groups is 1. The molecule has 0 radical (unpaired) electrons. The molecule has 1 aliphatic rings. The Morgan fingerprint density at radius 3 is 2.78 bits per heavy atom. The lowest BCUT2D eigenvalue weighted by Crippen LogP contribution is -2.13. The van der Waals surface area contributed by atoms with Crippen molar-refractivity contribution >= 4 is 29.4 Å². The zero-order valence-corrected chi connectivity index (χ0v) is 14.5. The van der Waals surface area contributed by atoms with Crippen LogP contribution >= 0.6 is 11.8 Å². The summed E-state index contributed by atoms with van der Waals surface area (Å²) >= 11 is 1.42. The van der Waals surface area contributed by atoms with Crippen molar-refractivity contribution in [3.63, 3.8) is 0 Å². The first-order valence-electron chi connectivity index (χ1n) is 7.69. The van der Waals surface area contributed by atoms with Crippen LogP contribution < -0.4 is 5.32 Å². The number of aryl methyl sites for hydroxylation is 2. The Bertz CT molecular complexity index is 688. The minimum Gasteiger partial charge on any atom is -0.462 e. The van der Waals surface area contributed by atoms with Crippen molar-refractivity contribution in [3.05, 3.63) is 45.5 Å². The van der Waals surface area contributed by atoms with Crippen molar-refractivity contribution in [1.29, 1.82) is 0 Å². The molecule has 122 valence electrons. The van der Waals surface area contributed by atoms with Gasteiger partial charge in [-0.1, -0.05) is 19.4 Å². The molecule has 0 bridgehead atoms. The van der Waals surface area contributed by atoms with Crippen LogP contribution in [0.4, 0.5) is 5.69 Å². The van der Waals surface area contributed by atoms with Crippen LogP contribution in [-0.4, -0.2) is 24.3 Å². The van der Waals surface area contributed by atoms with Gasteiger partial charge in [0.2, 0.25) is 0 Å². The number of carbonyl (C=O) groups excluding carboxylic acids is 2. The molecule has 0 saturated carbocycles. The second-order valence-electron chi connectivity index (χ2n) is 5.49. The number of hydrogen-bond donors (Lipinski definition) is 1. The number of ether oxygens (including phenoxy) is 1. The van der Waals surface area contributed by atoms with E-state index in [-0.39, 0.29) is 0 Å². The second-order valence-corrected chi connectivity index (χ2v) is 6.47. The van der Waals surface area contributed by atoms with E-state index in [0.717, 1.165) is 24.1 Å². The fourth-order valence-corrected chi connectivity index (χ4v) is 3.19. The summed E-state index contributed by atoms with van der Waals surface area (Å²) in [6.45, 7) is 6.48. The van der Waals surface area contributed by atoms with Gasteiger partial charge in [0.25, 0.3) is 0 Å². The number of anilines is 1. The number of benzene rings is 1. The van der Waals surface area contributed by atoms with Crippen LogP contribution in [0.1, 0.15) is 30.9 Å². The minimum atomic E-state index is -0.451. The third kappa shape index (κ3) is 4.27. The average Bonchev–Trinajstić information content (AvgIpc) is 2.94. The van der Waals surface area contributed by atoms with E-state index in [2.05, 4.69) is 5.32 Å². The first kappa shape index (κ1) is 17.4. The third-order valence-corrected chi connectivity index (χ3v) is 4.74. The van der Waals surface area contributed by atoms with Gasteiger partial charge in [-0.25, -0.2) is 9.59 Å². The Labute approximate surface area is 141 Å². The number of hydrogen-bond acceptors (Lipinski definition) is 5. The molecule has 0 amide bonds. The maximum atomic E-state index is 12.3. The number of nitrogens with one attached hydrogen (secondary N) is 1. The zero-order chi connectivity index (χ0) is 16.8. The summed E-state index contributed by atoms with van der Waals surface area (Å²) in [5.41, 5.74) is 3.94. The van der Waals surface area contributed by atoms with E-state index >= 15 is 0 Å². The van der Waals surface area contributed by atoms with E-state index in [1.807, 2.05) is 44.9 Å². The topological polar surface area (TPSA) is 55.4 Å². The monoisotopic (exact) mass is 331 g/mol. The predicted molar refractivity (Wildman–Crippen MR) is 94.1 cm³/mol. The van der Waals surface area contributed by atoms with Gasteiger partial charge in [-0.15, -0.1) is 11.8 Å². The van der Waals surface area contributed by atoms with Crippen LogP contribution in [0.3, 0.4) is 0 Å². The molecule has 2 rings (SSSR count). The van der Waals surface area contributed by atoms with Gasteiger partial charge >= 0.3 is 5.97 Å².